The zero-order chi connectivity index (χ0) is 16.7. The molecule has 2 aromatic rings. The first-order valence-electron chi connectivity index (χ1n) is 7.60. The third kappa shape index (κ3) is 5.14. The average molecular weight is 334 g/mol. The van der Waals surface area contributed by atoms with Gasteiger partial charge < -0.3 is 20.8 Å². The molecule has 4 N–H and O–H groups in total. The molecule has 2 rings (SSSR count). The number of amides is 1. The molecule has 0 spiro atoms. The largest absolute Gasteiger partial charge is 0.454 e. The van der Waals surface area contributed by atoms with Gasteiger partial charge in [-0.25, -0.2) is 4.99 Å². The van der Waals surface area contributed by atoms with Crippen LogP contribution >= 0.6 is 11.3 Å². The molecule has 1 amide bonds. The van der Waals surface area contributed by atoms with Crippen LogP contribution in [-0.4, -0.2) is 18.4 Å². The first-order valence-corrected chi connectivity index (χ1v) is 8.42. The average Bonchev–Trinajstić information content (AvgIpc) is 3.19. The number of nitrogens with zero attached hydrogens (tertiary/aromatic N) is 1. The Morgan fingerprint density at radius 1 is 1.22 bits per heavy atom. The highest BCUT2D eigenvalue weighted by Crippen LogP contribution is 2.16. The molecular formula is C16H22N4O2S. The molecule has 0 atom stereocenters. The van der Waals surface area contributed by atoms with Crippen LogP contribution < -0.4 is 16.4 Å². The van der Waals surface area contributed by atoms with Crippen LogP contribution in [0.2, 0.25) is 0 Å². The number of nitrogens with two attached hydrogens (primary N) is 1. The SMILES string of the molecule is CCNC(=NCc1ccc(C(N)=O)o1)NCc1ccc(CC)s1. The molecule has 0 saturated carbocycles. The van der Waals surface area contributed by atoms with Gasteiger partial charge in [0.15, 0.2) is 11.7 Å². The Balaban J connectivity index is 1.94. The summed E-state index contributed by atoms with van der Waals surface area (Å²) in [4.78, 5) is 18.1. The highest BCUT2D eigenvalue weighted by Gasteiger charge is 2.07. The van der Waals surface area contributed by atoms with E-state index in [1.165, 1.54) is 9.75 Å². The normalized spacial score (nSPS) is 11.5. The van der Waals surface area contributed by atoms with Gasteiger partial charge in [-0.05, 0) is 37.6 Å². The van der Waals surface area contributed by atoms with Crippen LogP contribution in [0.25, 0.3) is 0 Å². The maximum absolute atomic E-state index is 11.0. The van der Waals surface area contributed by atoms with Crippen LogP contribution in [0.4, 0.5) is 0 Å². The summed E-state index contributed by atoms with van der Waals surface area (Å²) in [5.74, 6) is 0.880. The molecule has 7 heteroatoms. The van der Waals surface area contributed by atoms with Crippen molar-refractivity contribution in [2.24, 2.45) is 10.7 Å². The van der Waals surface area contributed by atoms with E-state index in [0.717, 1.165) is 19.5 Å². The molecule has 2 heterocycles. The Hall–Kier alpha value is -2.28. The molecule has 2 aromatic heterocycles. The van der Waals surface area contributed by atoms with Crippen molar-refractivity contribution >= 4 is 23.2 Å². The van der Waals surface area contributed by atoms with Gasteiger partial charge in [0.05, 0.1) is 6.54 Å². The van der Waals surface area contributed by atoms with Crippen molar-refractivity contribution < 1.29 is 9.21 Å². The van der Waals surface area contributed by atoms with E-state index in [2.05, 4.69) is 34.7 Å². The Morgan fingerprint density at radius 2 is 2.00 bits per heavy atom. The molecular weight excluding hydrogens is 312 g/mol. The smallest absolute Gasteiger partial charge is 0.284 e. The predicted molar refractivity (Wildman–Crippen MR) is 92.6 cm³/mol. The van der Waals surface area contributed by atoms with Crippen LogP contribution in [0.15, 0.2) is 33.7 Å². The van der Waals surface area contributed by atoms with Crippen molar-refractivity contribution in [3.05, 3.63) is 45.5 Å². The summed E-state index contributed by atoms with van der Waals surface area (Å²) in [6.45, 7) is 5.99. The van der Waals surface area contributed by atoms with Crippen LogP contribution in [0.5, 0.6) is 0 Å². The van der Waals surface area contributed by atoms with Gasteiger partial charge in [-0.15, -0.1) is 11.3 Å². The van der Waals surface area contributed by atoms with E-state index in [-0.39, 0.29) is 5.76 Å². The minimum absolute atomic E-state index is 0.152. The van der Waals surface area contributed by atoms with E-state index in [0.29, 0.717) is 18.3 Å². The summed E-state index contributed by atoms with van der Waals surface area (Å²) in [6.07, 6.45) is 1.06. The number of primary amides is 1. The third-order valence-corrected chi connectivity index (χ3v) is 4.37. The zero-order valence-corrected chi connectivity index (χ0v) is 14.2. The summed E-state index contributed by atoms with van der Waals surface area (Å²) in [5.41, 5.74) is 5.16. The zero-order valence-electron chi connectivity index (χ0n) is 13.4. The van der Waals surface area contributed by atoms with Gasteiger partial charge in [0.2, 0.25) is 0 Å². The number of nitrogens with one attached hydrogen (secondary N) is 2. The van der Waals surface area contributed by atoms with Crippen molar-refractivity contribution in [2.45, 2.75) is 33.4 Å². The van der Waals surface area contributed by atoms with Gasteiger partial charge in [0.25, 0.3) is 5.91 Å². The number of carbonyl (C=O) groups is 1. The lowest BCUT2D eigenvalue weighted by Crippen LogP contribution is -2.36. The molecule has 6 nitrogen and oxygen atoms in total. The topological polar surface area (TPSA) is 92.6 Å². The number of guanidine groups is 1. The highest BCUT2D eigenvalue weighted by atomic mass is 32.1. The predicted octanol–water partition coefficient (Wildman–Crippen LogP) is 2.26. The standard InChI is InChI=1S/C16H22N4O2S/c1-3-12-6-7-13(23-12)10-20-16(18-4-2)19-9-11-5-8-14(22-11)15(17)21/h5-8H,3-4,9-10H2,1-2H3,(H2,17,21)(H2,18,19,20). The molecule has 0 bridgehead atoms. The van der Waals surface area contributed by atoms with Crippen molar-refractivity contribution in [2.75, 3.05) is 6.54 Å². The van der Waals surface area contributed by atoms with E-state index in [1.54, 1.807) is 23.5 Å². The molecule has 23 heavy (non-hydrogen) atoms. The van der Waals surface area contributed by atoms with E-state index in [4.69, 9.17) is 10.2 Å². The summed E-state index contributed by atoms with van der Waals surface area (Å²) >= 11 is 1.80. The van der Waals surface area contributed by atoms with Crippen LogP contribution in [0, 0.1) is 0 Å². The number of hydrogen-bond donors (Lipinski definition) is 3. The summed E-state index contributed by atoms with van der Waals surface area (Å²) in [6, 6.07) is 7.55. The Morgan fingerprint density at radius 3 is 2.61 bits per heavy atom. The number of aryl methyl sites for hydroxylation is 1. The van der Waals surface area contributed by atoms with Crippen LogP contribution in [0.1, 0.15) is 39.9 Å². The molecule has 0 saturated heterocycles. The second-order valence-electron chi connectivity index (χ2n) is 4.90. The molecule has 0 aliphatic rings. The van der Waals surface area contributed by atoms with Gasteiger partial charge in [-0.3, -0.25) is 4.79 Å². The summed E-state index contributed by atoms with van der Waals surface area (Å²) < 4.78 is 5.32. The molecule has 0 fully saturated rings. The molecule has 0 aliphatic carbocycles. The lowest BCUT2D eigenvalue weighted by atomic mass is 10.3. The van der Waals surface area contributed by atoms with Crippen LogP contribution in [-0.2, 0) is 19.5 Å². The monoisotopic (exact) mass is 334 g/mol. The number of carbonyl (C=O) groups excluding carboxylic acids is 1. The lowest BCUT2D eigenvalue weighted by Gasteiger charge is -2.09. The van der Waals surface area contributed by atoms with Gasteiger partial charge >= 0.3 is 0 Å². The van der Waals surface area contributed by atoms with Gasteiger partial charge in [-0.1, -0.05) is 6.92 Å². The van der Waals surface area contributed by atoms with E-state index in [9.17, 15) is 4.79 Å². The van der Waals surface area contributed by atoms with E-state index < -0.39 is 5.91 Å². The van der Waals surface area contributed by atoms with Crippen molar-refractivity contribution in [3.8, 4) is 0 Å². The molecule has 0 aliphatic heterocycles. The van der Waals surface area contributed by atoms with Crippen molar-refractivity contribution in [3.63, 3.8) is 0 Å². The third-order valence-electron chi connectivity index (χ3n) is 3.14. The summed E-state index contributed by atoms with van der Waals surface area (Å²) in [7, 11) is 0. The fraction of sp³-hybridized carbons (Fsp3) is 0.375. The van der Waals surface area contributed by atoms with E-state index in [1.807, 2.05) is 6.92 Å². The van der Waals surface area contributed by atoms with Gasteiger partial charge in [-0.2, -0.15) is 0 Å². The first kappa shape index (κ1) is 17.1. The minimum atomic E-state index is -0.574. The number of thiophene rings is 1. The first-order chi connectivity index (χ1) is 11.1. The second-order valence-corrected chi connectivity index (χ2v) is 6.15. The van der Waals surface area contributed by atoms with Crippen molar-refractivity contribution in [1.29, 1.82) is 0 Å². The highest BCUT2D eigenvalue weighted by molar-refractivity contribution is 7.11. The minimum Gasteiger partial charge on any atom is -0.454 e. The molecule has 0 aromatic carbocycles. The maximum Gasteiger partial charge on any atom is 0.284 e. The Labute approximate surface area is 139 Å². The number of hydrogen-bond acceptors (Lipinski definition) is 4. The number of furan rings is 1. The van der Waals surface area contributed by atoms with Crippen molar-refractivity contribution in [1.82, 2.24) is 10.6 Å². The lowest BCUT2D eigenvalue weighted by molar-refractivity contribution is 0.0972. The quantitative estimate of drug-likeness (QED) is 0.535. The fourth-order valence-electron chi connectivity index (χ4n) is 1.97. The molecule has 124 valence electrons. The Kier molecular flexibility index (Phi) is 6.22. The Bertz CT molecular complexity index is 675. The fourth-order valence-corrected chi connectivity index (χ4v) is 2.87. The van der Waals surface area contributed by atoms with Gasteiger partial charge in [0, 0.05) is 16.3 Å². The second kappa shape index (κ2) is 8.38. The van der Waals surface area contributed by atoms with Gasteiger partial charge in [0.1, 0.15) is 12.3 Å². The molecule has 0 unspecified atom stereocenters. The van der Waals surface area contributed by atoms with E-state index >= 15 is 0 Å². The number of rotatable bonds is 7. The maximum atomic E-state index is 11.0. The summed E-state index contributed by atoms with van der Waals surface area (Å²) in [5, 5.41) is 6.47. The number of aliphatic imine (C=N–C) groups is 1. The van der Waals surface area contributed by atoms with Crippen LogP contribution in [0.3, 0.4) is 0 Å². The molecule has 0 radical (unpaired) electrons.